The molecule has 30 heavy (non-hydrogen) atoms. The van der Waals surface area contributed by atoms with Crippen LogP contribution in [0.2, 0.25) is 0 Å². The van der Waals surface area contributed by atoms with Gasteiger partial charge in [-0.2, -0.15) is 0 Å². The molecule has 0 unspecified atom stereocenters. The van der Waals surface area contributed by atoms with Crippen molar-refractivity contribution in [2.75, 3.05) is 18.8 Å². The highest BCUT2D eigenvalue weighted by Crippen LogP contribution is 2.29. The molecule has 0 spiro atoms. The van der Waals surface area contributed by atoms with Crippen molar-refractivity contribution in [1.82, 2.24) is 30.0 Å². The maximum atomic E-state index is 11.7. The quantitative estimate of drug-likeness (QED) is 0.357. The number of aryl methyl sites for hydroxylation is 2. The maximum absolute atomic E-state index is 11.7. The van der Waals surface area contributed by atoms with Crippen LogP contribution in [0.3, 0.4) is 0 Å². The van der Waals surface area contributed by atoms with Crippen LogP contribution in [0.25, 0.3) is 17.1 Å². The molecule has 3 amide bonds. The monoisotopic (exact) mass is 422 g/mol. The second-order valence-electron chi connectivity index (χ2n) is 7.05. The highest BCUT2D eigenvalue weighted by atomic mass is 32.2. The SMILES string of the molecule is Cc1ccc(-n2c(SCCCN3C(=O)CNC3=O)nnc2-c2ccncc2)cc1C. The van der Waals surface area contributed by atoms with Crippen LogP contribution in [0.15, 0.2) is 47.9 Å². The number of hydrogen-bond donors (Lipinski definition) is 1. The van der Waals surface area contributed by atoms with Crippen molar-refractivity contribution in [2.24, 2.45) is 0 Å². The van der Waals surface area contributed by atoms with Crippen molar-refractivity contribution in [2.45, 2.75) is 25.4 Å². The third-order valence-electron chi connectivity index (χ3n) is 5.01. The van der Waals surface area contributed by atoms with E-state index in [2.05, 4.69) is 52.5 Å². The van der Waals surface area contributed by atoms with Crippen LogP contribution in [0.4, 0.5) is 4.79 Å². The first-order valence-electron chi connectivity index (χ1n) is 9.69. The molecule has 2 aromatic heterocycles. The van der Waals surface area contributed by atoms with Crippen LogP contribution in [0.1, 0.15) is 17.5 Å². The number of carbonyl (C=O) groups excluding carboxylic acids is 2. The van der Waals surface area contributed by atoms with E-state index in [0.717, 1.165) is 22.2 Å². The number of aromatic nitrogens is 4. The van der Waals surface area contributed by atoms with Crippen molar-refractivity contribution in [3.63, 3.8) is 0 Å². The Morgan fingerprint density at radius 1 is 1.07 bits per heavy atom. The first-order valence-corrected chi connectivity index (χ1v) is 10.7. The van der Waals surface area contributed by atoms with Crippen LogP contribution < -0.4 is 5.32 Å². The summed E-state index contributed by atoms with van der Waals surface area (Å²) in [5.74, 6) is 1.27. The fourth-order valence-corrected chi connectivity index (χ4v) is 4.09. The number of nitrogens with zero attached hydrogens (tertiary/aromatic N) is 5. The number of thioether (sulfide) groups is 1. The third-order valence-corrected chi connectivity index (χ3v) is 6.03. The lowest BCUT2D eigenvalue weighted by Crippen LogP contribution is -2.32. The predicted octanol–water partition coefficient (Wildman–Crippen LogP) is 2.98. The summed E-state index contributed by atoms with van der Waals surface area (Å²) in [5.41, 5.74) is 4.34. The van der Waals surface area contributed by atoms with E-state index >= 15 is 0 Å². The van der Waals surface area contributed by atoms with Gasteiger partial charge in [0.15, 0.2) is 11.0 Å². The Labute approximate surface area is 178 Å². The molecule has 4 rings (SSSR count). The molecule has 8 nitrogen and oxygen atoms in total. The minimum absolute atomic E-state index is 0.0857. The maximum Gasteiger partial charge on any atom is 0.324 e. The van der Waals surface area contributed by atoms with Gasteiger partial charge in [-0.1, -0.05) is 17.8 Å². The number of benzene rings is 1. The number of urea groups is 1. The second kappa shape index (κ2) is 8.66. The van der Waals surface area contributed by atoms with Crippen LogP contribution in [-0.2, 0) is 4.79 Å². The van der Waals surface area contributed by atoms with Crippen LogP contribution >= 0.6 is 11.8 Å². The molecule has 0 atom stereocenters. The molecule has 3 aromatic rings. The van der Waals surface area contributed by atoms with Gasteiger partial charge >= 0.3 is 6.03 Å². The van der Waals surface area contributed by atoms with Gasteiger partial charge in [0.1, 0.15) is 0 Å². The van der Waals surface area contributed by atoms with E-state index in [4.69, 9.17) is 0 Å². The number of carbonyl (C=O) groups is 2. The molecule has 1 N–H and O–H groups in total. The van der Waals surface area contributed by atoms with E-state index in [9.17, 15) is 9.59 Å². The van der Waals surface area contributed by atoms with E-state index in [-0.39, 0.29) is 18.5 Å². The zero-order valence-corrected chi connectivity index (χ0v) is 17.6. The molecule has 0 saturated carbocycles. The Hall–Kier alpha value is -3.20. The van der Waals surface area contributed by atoms with Crippen LogP contribution in [0.5, 0.6) is 0 Å². The summed E-state index contributed by atoms with van der Waals surface area (Å²) >= 11 is 1.56. The normalized spacial score (nSPS) is 13.7. The number of pyridine rings is 1. The van der Waals surface area contributed by atoms with Gasteiger partial charge < -0.3 is 5.32 Å². The lowest BCUT2D eigenvalue weighted by Gasteiger charge is -2.13. The van der Waals surface area contributed by atoms with Crippen molar-refractivity contribution in [3.05, 3.63) is 53.9 Å². The van der Waals surface area contributed by atoms with Crippen molar-refractivity contribution in [1.29, 1.82) is 0 Å². The average molecular weight is 423 g/mol. The number of hydrogen-bond acceptors (Lipinski definition) is 6. The van der Waals surface area contributed by atoms with E-state index in [1.807, 2.05) is 16.7 Å². The minimum Gasteiger partial charge on any atom is -0.329 e. The summed E-state index contributed by atoms with van der Waals surface area (Å²) in [6.07, 6.45) is 4.15. The second-order valence-corrected chi connectivity index (χ2v) is 8.11. The molecule has 1 saturated heterocycles. The summed E-state index contributed by atoms with van der Waals surface area (Å²) in [5, 5.41) is 12.2. The number of amides is 3. The topological polar surface area (TPSA) is 93.0 Å². The highest BCUT2D eigenvalue weighted by molar-refractivity contribution is 7.99. The third kappa shape index (κ3) is 4.06. The van der Waals surface area contributed by atoms with E-state index < -0.39 is 0 Å². The Morgan fingerprint density at radius 2 is 1.87 bits per heavy atom. The summed E-state index contributed by atoms with van der Waals surface area (Å²) < 4.78 is 2.04. The van der Waals surface area contributed by atoms with Gasteiger partial charge in [0, 0.05) is 30.3 Å². The first kappa shape index (κ1) is 20.1. The summed E-state index contributed by atoms with van der Waals surface area (Å²) in [7, 11) is 0. The summed E-state index contributed by atoms with van der Waals surface area (Å²) in [6, 6.07) is 9.78. The summed E-state index contributed by atoms with van der Waals surface area (Å²) in [4.78, 5) is 28.7. The molecular weight excluding hydrogens is 400 g/mol. The number of imide groups is 1. The standard InChI is InChI=1S/C21H22N6O2S/c1-14-4-5-17(12-15(14)2)27-19(16-6-8-22-9-7-16)24-25-21(27)30-11-3-10-26-18(28)13-23-20(26)29/h4-9,12H,3,10-11,13H2,1-2H3,(H,23,29). The van der Waals surface area contributed by atoms with Crippen molar-refractivity contribution in [3.8, 4) is 17.1 Å². The molecule has 1 aliphatic rings. The minimum atomic E-state index is -0.316. The van der Waals surface area contributed by atoms with Gasteiger partial charge in [0.25, 0.3) is 0 Å². The molecule has 3 heterocycles. The molecule has 1 aliphatic heterocycles. The Morgan fingerprint density at radius 3 is 2.57 bits per heavy atom. The first-order chi connectivity index (χ1) is 14.5. The lowest BCUT2D eigenvalue weighted by atomic mass is 10.1. The van der Waals surface area contributed by atoms with Gasteiger partial charge in [0.05, 0.1) is 12.2 Å². The Kier molecular flexibility index (Phi) is 5.80. The fourth-order valence-electron chi connectivity index (χ4n) is 3.22. The summed E-state index contributed by atoms with van der Waals surface area (Å²) in [6.45, 7) is 4.65. The van der Waals surface area contributed by atoms with Gasteiger partial charge in [-0.3, -0.25) is 19.2 Å². The number of nitrogens with one attached hydrogen (secondary N) is 1. The number of rotatable bonds is 7. The average Bonchev–Trinajstić information content (AvgIpc) is 3.31. The van der Waals surface area contributed by atoms with Crippen LogP contribution in [0, 0.1) is 13.8 Å². The molecule has 0 bridgehead atoms. The predicted molar refractivity (Wildman–Crippen MR) is 115 cm³/mol. The van der Waals surface area contributed by atoms with Gasteiger partial charge in [0.2, 0.25) is 5.91 Å². The molecule has 0 radical (unpaired) electrons. The zero-order valence-electron chi connectivity index (χ0n) is 16.8. The molecule has 1 fully saturated rings. The molecule has 1 aromatic carbocycles. The largest absolute Gasteiger partial charge is 0.329 e. The highest BCUT2D eigenvalue weighted by Gasteiger charge is 2.27. The van der Waals surface area contributed by atoms with Gasteiger partial charge in [-0.25, -0.2) is 4.79 Å². The van der Waals surface area contributed by atoms with Gasteiger partial charge in [-0.15, -0.1) is 10.2 Å². The van der Waals surface area contributed by atoms with Crippen LogP contribution in [-0.4, -0.2) is 55.4 Å². The van der Waals surface area contributed by atoms with Crippen molar-refractivity contribution < 1.29 is 9.59 Å². The fraction of sp³-hybridized carbons (Fsp3) is 0.286. The van der Waals surface area contributed by atoms with Crippen molar-refractivity contribution >= 4 is 23.7 Å². The molecule has 0 aliphatic carbocycles. The molecule has 154 valence electrons. The molecular formula is C21H22N6O2S. The molecule has 9 heteroatoms. The lowest BCUT2D eigenvalue weighted by molar-refractivity contribution is -0.124. The Bertz CT molecular complexity index is 1070. The van der Waals surface area contributed by atoms with Gasteiger partial charge in [-0.05, 0) is 55.7 Å². The van der Waals surface area contributed by atoms with E-state index in [1.165, 1.54) is 16.0 Å². The van der Waals surface area contributed by atoms with E-state index in [0.29, 0.717) is 18.7 Å². The zero-order chi connectivity index (χ0) is 21.1. The Balaban J connectivity index is 1.57. The smallest absolute Gasteiger partial charge is 0.324 e. The van der Waals surface area contributed by atoms with E-state index in [1.54, 1.807) is 24.2 Å².